The molecule has 0 spiro atoms. The van der Waals surface area contributed by atoms with Crippen molar-refractivity contribution in [2.24, 2.45) is 5.92 Å². The van der Waals surface area contributed by atoms with Crippen LogP contribution in [0.1, 0.15) is 206 Å². The minimum Gasteiger partial charge on any atom is -0.381 e. The van der Waals surface area contributed by atoms with E-state index in [0.29, 0.717) is 6.10 Å². The van der Waals surface area contributed by atoms with E-state index in [1.165, 1.54) is 198 Å². The van der Waals surface area contributed by atoms with Gasteiger partial charge in [0.15, 0.2) is 0 Å². The molecule has 2 atom stereocenters. The molecule has 0 bridgehead atoms. The highest BCUT2D eigenvalue weighted by molar-refractivity contribution is 9.09. The lowest BCUT2D eigenvalue weighted by molar-refractivity contribution is 0.0456. The highest BCUT2D eigenvalue weighted by Gasteiger charge is 2.15. The molecule has 0 aliphatic rings. The van der Waals surface area contributed by atoms with Crippen molar-refractivity contribution >= 4 is 15.9 Å². The molecule has 0 saturated carbocycles. The molecule has 0 rings (SSSR count). The Bertz CT molecular complexity index is 412. The Morgan fingerprint density at radius 2 is 0.711 bits per heavy atom. The first-order valence-electron chi connectivity index (χ1n) is 17.8. The average molecular weight is 602 g/mol. The summed E-state index contributed by atoms with van der Waals surface area (Å²) in [6, 6.07) is 0. The Kier molecular flexibility index (Phi) is 34.0. The van der Waals surface area contributed by atoms with E-state index in [1.54, 1.807) is 0 Å². The van der Waals surface area contributed by atoms with Gasteiger partial charge in [-0.1, -0.05) is 203 Å². The highest BCUT2D eigenvalue weighted by Crippen LogP contribution is 2.22. The zero-order valence-corrected chi connectivity index (χ0v) is 28.4. The fraction of sp³-hybridized carbons (Fsp3) is 1.00. The van der Waals surface area contributed by atoms with E-state index < -0.39 is 0 Å². The van der Waals surface area contributed by atoms with Gasteiger partial charge in [-0.2, -0.15) is 0 Å². The second-order valence-electron chi connectivity index (χ2n) is 12.6. The molecule has 0 N–H and O–H groups in total. The smallest absolute Gasteiger partial charge is 0.0596 e. The van der Waals surface area contributed by atoms with Crippen LogP contribution in [0.25, 0.3) is 0 Å². The first-order chi connectivity index (χ1) is 18.8. The van der Waals surface area contributed by atoms with Crippen molar-refractivity contribution in [1.82, 2.24) is 0 Å². The Labute approximate surface area is 250 Å². The zero-order chi connectivity index (χ0) is 27.8. The van der Waals surface area contributed by atoms with Gasteiger partial charge in [0, 0.05) is 12.4 Å². The van der Waals surface area contributed by atoms with E-state index in [1.807, 2.05) is 7.11 Å². The predicted octanol–water partition coefficient (Wildman–Crippen LogP) is 13.8. The molecule has 0 aromatic carbocycles. The van der Waals surface area contributed by atoms with Crippen molar-refractivity contribution in [3.63, 3.8) is 0 Å². The number of hydrogen-bond donors (Lipinski definition) is 0. The lowest BCUT2D eigenvalue weighted by Gasteiger charge is -2.22. The summed E-state index contributed by atoms with van der Waals surface area (Å²) in [4.78, 5) is 0. The molecular formula is C36H73BrO. The maximum atomic E-state index is 5.90. The zero-order valence-electron chi connectivity index (χ0n) is 26.9. The van der Waals surface area contributed by atoms with Gasteiger partial charge >= 0.3 is 0 Å². The summed E-state index contributed by atoms with van der Waals surface area (Å²) in [5, 5.41) is 1.18. The van der Waals surface area contributed by atoms with Crippen LogP contribution < -0.4 is 0 Å². The highest BCUT2D eigenvalue weighted by atomic mass is 79.9. The quantitative estimate of drug-likeness (QED) is 0.0537. The first kappa shape index (κ1) is 38.4. The molecule has 0 heterocycles. The van der Waals surface area contributed by atoms with Gasteiger partial charge in [0.25, 0.3) is 0 Å². The van der Waals surface area contributed by atoms with Crippen LogP contribution >= 0.6 is 15.9 Å². The Balaban J connectivity index is 3.39. The van der Waals surface area contributed by atoms with Crippen LogP contribution in [0.2, 0.25) is 0 Å². The van der Waals surface area contributed by atoms with E-state index >= 15 is 0 Å². The molecule has 0 radical (unpaired) electrons. The van der Waals surface area contributed by atoms with E-state index in [0.717, 1.165) is 5.92 Å². The van der Waals surface area contributed by atoms with Crippen LogP contribution in [0.4, 0.5) is 0 Å². The molecule has 2 heteroatoms. The van der Waals surface area contributed by atoms with Gasteiger partial charge in [0.1, 0.15) is 0 Å². The fourth-order valence-corrected chi connectivity index (χ4v) is 6.44. The lowest BCUT2D eigenvalue weighted by Crippen LogP contribution is -2.20. The van der Waals surface area contributed by atoms with E-state index in [-0.39, 0.29) is 0 Å². The molecule has 0 amide bonds. The summed E-state index contributed by atoms with van der Waals surface area (Å²) in [5.74, 6) is 0.723. The maximum absolute atomic E-state index is 5.90. The van der Waals surface area contributed by atoms with E-state index in [4.69, 9.17) is 4.74 Å². The first-order valence-corrected chi connectivity index (χ1v) is 19.0. The molecule has 230 valence electrons. The fourth-order valence-electron chi connectivity index (χ4n) is 6.04. The number of hydrogen-bond acceptors (Lipinski definition) is 1. The van der Waals surface area contributed by atoms with Crippen molar-refractivity contribution in [3.8, 4) is 0 Å². The van der Waals surface area contributed by atoms with Crippen LogP contribution in [0.3, 0.4) is 0 Å². The average Bonchev–Trinajstić information content (AvgIpc) is 2.93. The van der Waals surface area contributed by atoms with Gasteiger partial charge in [-0.25, -0.2) is 0 Å². The van der Waals surface area contributed by atoms with Crippen molar-refractivity contribution in [2.75, 3.05) is 12.4 Å². The van der Waals surface area contributed by atoms with Crippen LogP contribution in [0, 0.1) is 5.92 Å². The minimum atomic E-state index is 0.482. The molecule has 0 aliphatic heterocycles. The summed E-state index contributed by atoms with van der Waals surface area (Å²) in [7, 11) is 1.94. The second-order valence-corrected chi connectivity index (χ2v) is 13.4. The number of unbranched alkanes of at least 4 members (excludes halogenated alkanes) is 26. The molecule has 0 saturated heterocycles. The SMILES string of the molecule is CCCCCCCCCCCCCCCCCC[C@H](C)[C@H](CCCCCCCCCCCCCCBr)OC. The van der Waals surface area contributed by atoms with Crippen molar-refractivity contribution in [1.29, 1.82) is 0 Å². The molecule has 1 nitrogen and oxygen atoms in total. The molecule has 0 aromatic rings. The van der Waals surface area contributed by atoms with Crippen LogP contribution in [0.5, 0.6) is 0 Å². The molecule has 0 aromatic heterocycles. The summed E-state index contributed by atoms with van der Waals surface area (Å²) < 4.78 is 5.90. The Morgan fingerprint density at radius 1 is 0.421 bits per heavy atom. The van der Waals surface area contributed by atoms with Gasteiger partial charge < -0.3 is 4.74 Å². The predicted molar refractivity (Wildman–Crippen MR) is 178 cm³/mol. The summed E-state index contributed by atoms with van der Waals surface area (Å²) in [5.41, 5.74) is 0. The lowest BCUT2D eigenvalue weighted by atomic mass is 9.93. The second kappa shape index (κ2) is 33.6. The minimum absolute atomic E-state index is 0.482. The molecule has 0 aliphatic carbocycles. The number of alkyl halides is 1. The topological polar surface area (TPSA) is 9.23 Å². The molecule has 0 unspecified atom stereocenters. The third-order valence-electron chi connectivity index (χ3n) is 8.82. The third-order valence-corrected chi connectivity index (χ3v) is 9.38. The van der Waals surface area contributed by atoms with Crippen molar-refractivity contribution in [2.45, 2.75) is 213 Å². The van der Waals surface area contributed by atoms with Gasteiger partial charge in [-0.15, -0.1) is 0 Å². The van der Waals surface area contributed by atoms with Crippen molar-refractivity contribution in [3.05, 3.63) is 0 Å². The number of methoxy groups -OCH3 is 1. The molecular weight excluding hydrogens is 528 g/mol. The number of ether oxygens (including phenoxy) is 1. The summed E-state index contributed by atoms with van der Waals surface area (Å²) in [6.45, 7) is 4.73. The normalized spacial score (nSPS) is 13.3. The van der Waals surface area contributed by atoms with Gasteiger partial charge in [0.05, 0.1) is 6.10 Å². The van der Waals surface area contributed by atoms with Crippen LogP contribution in [-0.2, 0) is 4.74 Å². The van der Waals surface area contributed by atoms with E-state index in [9.17, 15) is 0 Å². The van der Waals surface area contributed by atoms with E-state index in [2.05, 4.69) is 29.8 Å². The van der Waals surface area contributed by atoms with Crippen molar-refractivity contribution < 1.29 is 4.74 Å². The van der Waals surface area contributed by atoms with Gasteiger partial charge in [0.2, 0.25) is 0 Å². The standard InChI is InChI=1S/C36H73BrO/c1-4-5-6-7-8-9-10-11-12-13-14-17-20-23-26-29-32-35(2)36(38-3)33-30-27-24-21-18-15-16-19-22-25-28-31-34-37/h35-36H,4-34H2,1-3H3/t35-,36-/m0/s1. The third kappa shape index (κ3) is 29.4. The van der Waals surface area contributed by atoms with Gasteiger partial charge in [-0.05, 0) is 25.2 Å². The maximum Gasteiger partial charge on any atom is 0.0596 e. The number of rotatable bonds is 33. The summed E-state index contributed by atoms with van der Waals surface area (Å²) in [6.07, 6.45) is 43.4. The molecule has 0 fully saturated rings. The number of halogens is 1. The Hall–Kier alpha value is 0.440. The monoisotopic (exact) mass is 600 g/mol. The Morgan fingerprint density at radius 3 is 1.03 bits per heavy atom. The van der Waals surface area contributed by atoms with Gasteiger partial charge in [-0.3, -0.25) is 0 Å². The summed E-state index contributed by atoms with van der Waals surface area (Å²) >= 11 is 3.52. The van der Waals surface area contributed by atoms with Crippen LogP contribution in [-0.4, -0.2) is 18.5 Å². The largest absolute Gasteiger partial charge is 0.381 e. The van der Waals surface area contributed by atoms with Crippen LogP contribution in [0.15, 0.2) is 0 Å². The molecule has 38 heavy (non-hydrogen) atoms.